The molecule has 1 fully saturated rings. The molecule has 1 aliphatic heterocycles. The van der Waals surface area contributed by atoms with Crippen LogP contribution in [-0.4, -0.2) is 57.7 Å². The van der Waals surface area contributed by atoms with Crippen LogP contribution in [0.5, 0.6) is 0 Å². The smallest absolute Gasteiger partial charge is 0.229 e. The lowest BCUT2D eigenvalue weighted by Crippen LogP contribution is -2.31. The molecule has 4 rings (SSSR count). The van der Waals surface area contributed by atoms with Gasteiger partial charge in [-0.05, 0) is 39.1 Å². The molecule has 0 unspecified atom stereocenters. The summed E-state index contributed by atoms with van der Waals surface area (Å²) in [5.41, 5.74) is 3.09. The molecule has 0 saturated carbocycles. The van der Waals surface area contributed by atoms with E-state index < -0.39 is 0 Å². The molecule has 22 heavy (non-hydrogen) atoms. The van der Waals surface area contributed by atoms with Crippen LogP contribution in [0.3, 0.4) is 0 Å². The van der Waals surface area contributed by atoms with Crippen LogP contribution in [0.25, 0.3) is 16.6 Å². The quantitative estimate of drug-likeness (QED) is 0.684. The van der Waals surface area contributed by atoms with Crippen molar-refractivity contribution in [2.45, 2.75) is 13.3 Å². The van der Waals surface area contributed by atoms with Crippen LogP contribution in [0.15, 0.2) is 24.5 Å². The highest BCUT2D eigenvalue weighted by Gasteiger charge is 2.19. The van der Waals surface area contributed by atoms with E-state index in [0.29, 0.717) is 0 Å². The van der Waals surface area contributed by atoms with Crippen LogP contribution in [-0.2, 0) is 0 Å². The topological polar surface area (TPSA) is 49.6 Å². The first-order valence-electron chi connectivity index (χ1n) is 7.76. The average molecular weight is 296 g/mol. The molecule has 1 saturated heterocycles. The first-order valence-corrected chi connectivity index (χ1v) is 7.76. The molecule has 0 atom stereocenters. The van der Waals surface area contributed by atoms with Gasteiger partial charge in [0.2, 0.25) is 5.95 Å². The fraction of sp³-hybridized carbons (Fsp3) is 0.438. The number of hydrogen-bond acceptors (Lipinski definition) is 5. The number of anilines is 1. The van der Waals surface area contributed by atoms with E-state index in [1.165, 1.54) is 5.56 Å². The summed E-state index contributed by atoms with van der Waals surface area (Å²) in [6.07, 6.45) is 2.76. The Bertz CT molecular complexity index is 824. The highest BCUT2D eigenvalue weighted by Crippen LogP contribution is 2.23. The van der Waals surface area contributed by atoms with Crippen molar-refractivity contribution in [1.82, 2.24) is 24.5 Å². The number of aryl methyl sites for hydroxylation is 1. The zero-order chi connectivity index (χ0) is 15.1. The van der Waals surface area contributed by atoms with Gasteiger partial charge in [0.25, 0.3) is 0 Å². The van der Waals surface area contributed by atoms with Gasteiger partial charge >= 0.3 is 0 Å². The van der Waals surface area contributed by atoms with Gasteiger partial charge in [0.15, 0.2) is 5.65 Å². The Morgan fingerprint density at radius 1 is 1.09 bits per heavy atom. The Morgan fingerprint density at radius 2 is 2.00 bits per heavy atom. The first kappa shape index (κ1) is 13.5. The largest absolute Gasteiger partial charge is 0.339 e. The minimum Gasteiger partial charge on any atom is -0.339 e. The van der Waals surface area contributed by atoms with E-state index in [9.17, 15) is 0 Å². The molecule has 0 radical (unpaired) electrons. The number of nitrogens with zero attached hydrogens (tertiary/aromatic N) is 6. The maximum Gasteiger partial charge on any atom is 0.229 e. The lowest BCUT2D eigenvalue weighted by atomic mass is 10.1. The number of fused-ring (bicyclic) bond motifs is 3. The van der Waals surface area contributed by atoms with Gasteiger partial charge in [-0.3, -0.25) is 0 Å². The maximum absolute atomic E-state index is 4.87. The molecule has 0 spiro atoms. The summed E-state index contributed by atoms with van der Waals surface area (Å²) in [6.45, 7) is 6.23. The van der Waals surface area contributed by atoms with Gasteiger partial charge in [0.05, 0.1) is 5.52 Å². The molecule has 6 nitrogen and oxygen atoms in total. The third-order valence-corrected chi connectivity index (χ3v) is 4.35. The van der Waals surface area contributed by atoms with E-state index >= 15 is 0 Å². The van der Waals surface area contributed by atoms with Gasteiger partial charge in [-0.2, -0.15) is 9.61 Å². The number of likely N-dealkylation sites (N-methyl/N-ethyl adjacent to an activating group) is 1. The zero-order valence-electron chi connectivity index (χ0n) is 13.0. The van der Waals surface area contributed by atoms with Crippen LogP contribution in [0.2, 0.25) is 0 Å². The third-order valence-electron chi connectivity index (χ3n) is 4.35. The van der Waals surface area contributed by atoms with Crippen LogP contribution in [0.1, 0.15) is 12.0 Å². The van der Waals surface area contributed by atoms with Gasteiger partial charge in [-0.1, -0.05) is 11.6 Å². The van der Waals surface area contributed by atoms with Crippen LogP contribution in [0.4, 0.5) is 5.95 Å². The maximum atomic E-state index is 4.87. The van der Waals surface area contributed by atoms with Gasteiger partial charge < -0.3 is 9.80 Å². The Kier molecular flexibility index (Phi) is 3.18. The van der Waals surface area contributed by atoms with Crippen molar-refractivity contribution in [2.24, 2.45) is 0 Å². The van der Waals surface area contributed by atoms with Crippen LogP contribution in [0, 0.1) is 6.92 Å². The van der Waals surface area contributed by atoms with E-state index in [1.54, 1.807) is 6.33 Å². The average Bonchev–Trinajstić information content (AvgIpc) is 2.90. The van der Waals surface area contributed by atoms with Crippen LogP contribution < -0.4 is 4.90 Å². The van der Waals surface area contributed by atoms with Crippen molar-refractivity contribution in [3.05, 3.63) is 30.1 Å². The summed E-state index contributed by atoms with van der Waals surface area (Å²) in [5, 5.41) is 5.47. The lowest BCUT2D eigenvalue weighted by molar-refractivity contribution is 0.360. The predicted octanol–water partition coefficient (Wildman–Crippen LogP) is 1.73. The van der Waals surface area contributed by atoms with Gasteiger partial charge in [-0.15, -0.1) is 0 Å². The summed E-state index contributed by atoms with van der Waals surface area (Å²) < 4.78 is 1.88. The molecule has 2 aromatic heterocycles. The summed E-state index contributed by atoms with van der Waals surface area (Å²) in [4.78, 5) is 14.0. The zero-order valence-corrected chi connectivity index (χ0v) is 13.0. The second-order valence-corrected chi connectivity index (χ2v) is 6.07. The van der Waals surface area contributed by atoms with E-state index in [-0.39, 0.29) is 0 Å². The van der Waals surface area contributed by atoms with Gasteiger partial charge in [0.1, 0.15) is 6.33 Å². The highest BCUT2D eigenvalue weighted by molar-refractivity contribution is 5.92. The number of benzene rings is 1. The number of hydrogen-bond donors (Lipinski definition) is 0. The number of aromatic nitrogens is 4. The van der Waals surface area contributed by atoms with E-state index in [0.717, 1.165) is 55.1 Å². The Hall–Kier alpha value is -2.21. The van der Waals surface area contributed by atoms with Crippen molar-refractivity contribution in [2.75, 3.05) is 38.1 Å². The lowest BCUT2D eigenvalue weighted by Gasteiger charge is -2.22. The number of rotatable bonds is 1. The van der Waals surface area contributed by atoms with E-state index in [1.807, 2.05) is 4.52 Å². The molecule has 3 heterocycles. The monoisotopic (exact) mass is 296 g/mol. The Morgan fingerprint density at radius 3 is 2.91 bits per heavy atom. The van der Waals surface area contributed by atoms with Gasteiger partial charge in [-0.25, -0.2) is 9.97 Å². The SMILES string of the molecule is Cc1ccc2nc(N3CCCN(C)CC3)n3ncnc3c2c1. The highest BCUT2D eigenvalue weighted by atomic mass is 15.4. The van der Waals surface area contributed by atoms with E-state index in [4.69, 9.17) is 4.98 Å². The van der Waals surface area contributed by atoms with Crippen molar-refractivity contribution in [3.8, 4) is 0 Å². The normalized spacial score (nSPS) is 17.3. The van der Waals surface area contributed by atoms with Crippen molar-refractivity contribution < 1.29 is 0 Å². The molecular weight excluding hydrogens is 276 g/mol. The molecule has 0 amide bonds. The fourth-order valence-electron chi connectivity index (χ4n) is 3.10. The summed E-state index contributed by atoms with van der Waals surface area (Å²) >= 11 is 0. The van der Waals surface area contributed by atoms with Crippen molar-refractivity contribution in [3.63, 3.8) is 0 Å². The second-order valence-electron chi connectivity index (χ2n) is 6.07. The Balaban J connectivity index is 1.89. The molecule has 0 N–H and O–H groups in total. The molecule has 0 bridgehead atoms. The fourth-order valence-corrected chi connectivity index (χ4v) is 3.10. The Labute approximate surface area is 129 Å². The third kappa shape index (κ3) is 2.20. The molecule has 6 heteroatoms. The summed E-state index contributed by atoms with van der Waals surface area (Å²) in [5.74, 6) is 0.902. The summed E-state index contributed by atoms with van der Waals surface area (Å²) in [6, 6.07) is 6.31. The van der Waals surface area contributed by atoms with E-state index in [2.05, 4.69) is 52.1 Å². The second kappa shape index (κ2) is 5.21. The minimum absolute atomic E-state index is 0.890. The molecule has 114 valence electrons. The predicted molar refractivity (Wildman–Crippen MR) is 87.4 cm³/mol. The minimum atomic E-state index is 0.890. The molecule has 3 aromatic rings. The molecular formula is C16H20N6. The molecule has 0 aliphatic carbocycles. The summed E-state index contributed by atoms with van der Waals surface area (Å²) in [7, 11) is 2.17. The van der Waals surface area contributed by atoms with Crippen molar-refractivity contribution >= 4 is 22.5 Å². The molecule has 1 aromatic carbocycles. The van der Waals surface area contributed by atoms with Crippen LogP contribution >= 0.6 is 0 Å². The van der Waals surface area contributed by atoms with Gasteiger partial charge in [0, 0.05) is 25.0 Å². The standard InChI is InChI=1S/C16H20N6/c1-12-4-5-14-13(10-12)15-17-11-18-22(15)16(19-14)21-7-3-6-20(2)8-9-21/h4-5,10-11H,3,6-9H2,1-2H3. The molecule has 1 aliphatic rings. The first-order chi connectivity index (χ1) is 10.7. The van der Waals surface area contributed by atoms with Crippen molar-refractivity contribution in [1.29, 1.82) is 0 Å².